The molecule has 1 aromatic heterocycles. The van der Waals surface area contributed by atoms with E-state index in [9.17, 15) is 28.1 Å². The van der Waals surface area contributed by atoms with Crippen LogP contribution in [0.25, 0.3) is 10.9 Å². The molecule has 12 heteroatoms. The van der Waals surface area contributed by atoms with Gasteiger partial charge in [0.1, 0.15) is 0 Å². The van der Waals surface area contributed by atoms with Crippen LogP contribution in [-0.4, -0.2) is 58.7 Å². The first kappa shape index (κ1) is 20.9. The van der Waals surface area contributed by atoms with Crippen molar-refractivity contribution in [3.05, 3.63) is 79.0 Å². The van der Waals surface area contributed by atoms with Gasteiger partial charge in [-0.05, 0) is 23.8 Å². The molecule has 0 bridgehead atoms. The second kappa shape index (κ2) is 8.06. The van der Waals surface area contributed by atoms with Crippen molar-refractivity contribution in [1.82, 2.24) is 19.2 Å². The van der Waals surface area contributed by atoms with Crippen molar-refractivity contribution in [2.24, 2.45) is 0 Å². The van der Waals surface area contributed by atoms with Crippen LogP contribution in [0, 0.1) is 10.1 Å². The number of piperazine rings is 1. The molecule has 0 aliphatic carbocycles. The fourth-order valence-electron chi connectivity index (χ4n) is 3.61. The molecule has 0 saturated carbocycles. The van der Waals surface area contributed by atoms with E-state index in [1.807, 2.05) is 4.90 Å². The second-order valence-electron chi connectivity index (χ2n) is 7.22. The number of sulfonamides is 1. The number of aromatic nitrogens is 2. The summed E-state index contributed by atoms with van der Waals surface area (Å²) in [5.41, 5.74) is -0.250. The first-order valence-electron chi connectivity index (χ1n) is 9.46. The van der Waals surface area contributed by atoms with Crippen LogP contribution in [0.3, 0.4) is 0 Å². The largest absolute Gasteiger partial charge is 0.326 e. The van der Waals surface area contributed by atoms with Crippen LogP contribution in [0.4, 0.5) is 5.69 Å². The van der Waals surface area contributed by atoms with E-state index in [1.165, 1.54) is 34.6 Å². The molecule has 162 valence electrons. The summed E-state index contributed by atoms with van der Waals surface area (Å²) in [6, 6.07) is 10.4. The van der Waals surface area contributed by atoms with Gasteiger partial charge < -0.3 is 4.98 Å². The quantitative estimate of drug-likeness (QED) is 0.432. The summed E-state index contributed by atoms with van der Waals surface area (Å²) in [4.78, 5) is 40.4. The third kappa shape index (κ3) is 4.26. The van der Waals surface area contributed by atoms with E-state index in [1.54, 1.807) is 12.1 Å². The first-order valence-corrected chi connectivity index (χ1v) is 10.9. The summed E-state index contributed by atoms with van der Waals surface area (Å²) >= 11 is 0. The summed E-state index contributed by atoms with van der Waals surface area (Å²) < 4.78 is 27.4. The number of aromatic amines is 2. The molecule has 1 fully saturated rings. The average Bonchev–Trinajstić information content (AvgIpc) is 2.74. The smallest absolute Gasteiger partial charge is 0.307 e. The Bertz CT molecular complexity index is 1370. The van der Waals surface area contributed by atoms with E-state index < -0.39 is 26.2 Å². The summed E-state index contributed by atoms with van der Waals surface area (Å²) in [6.45, 7) is 1.90. The van der Waals surface area contributed by atoms with E-state index in [0.29, 0.717) is 19.6 Å². The van der Waals surface area contributed by atoms with E-state index in [-0.39, 0.29) is 34.6 Å². The topological polar surface area (TPSA) is 149 Å². The monoisotopic (exact) mass is 445 g/mol. The maximum Gasteiger partial charge on any atom is 0.326 e. The highest BCUT2D eigenvalue weighted by Gasteiger charge is 2.29. The van der Waals surface area contributed by atoms with Gasteiger partial charge in [0.05, 0.1) is 20.7 Å². The van der Waals surface area contributed by atoms with Crippen LogP contribution < -0.4 is 11.2 Å². The maximum absolute atomic E-state index is 13.0. The zero-order valence-corrected chi connectivity index (χ0v) is 17.1. The zero-order valence-electron chi connectivity index (χ0n) is 16.3. The van der Waals surface area contributed by atoms with Gasteiger partial charge in [-0.15, -0.1) is 0 Å². The summed E-state index contributed by atoms with van der Waals surface area (Å²) in [5, 5.41) is 11.0. The predicted molar refractivity (Wildman–Crippen MR) is 112 cm³/mol. The van der Waals surface area contributed by atoms with E-state index >= 15 is 0 Å². The lowest BCUT2D eigenvalue weighted by molar-refractivity contribution is -0.384. The van der Waals surface area contributed by atoms with Crippen LogP contribution in [0.5, 0.6) is 0 Å². The number of nitro groups is 1. The van der Waals surface area contributed by atoms with Crippen molar-refractivity contribution in [3.8, 4) is 0 Å². The van der Waals surface area contributed by atoms with Crippen molar-refractivity contribution in [2.45, 2.75) is 11.4 Å². The van der Waals surface area contributed by atoms with Gasteiger partial charge in [-0.25, -0.2) is 13.2 Å². The minimum atomic E-state index is -3.82. The predicted octanol–water partition coefficient (Wildman–Crippen LogP) is 0.631. The standard InChI is InChI=1S/C19H19N5O6S/c25-18-16-11-15(4-5-17(16)20-19(26)21-18)31(29,30)23-8-6-22(7-9-23)12-13-2-1-3-14(10-13)24(27)28/h1-5,10-11H,6-9,12H2,(H2,20,21,25,26). The van der Waals surface area contributed by atoms with Crippen molar-refractivity contribution >= 4 is 26.6 Å². The molecule has 31 heavy (non-hydrogen) atoms. The normalized spacial score (nSPS) is 15.9. The van der Waals surface area contributed by atoms with E-state index in [2.05, 4.69) is 9.97 Å². The molecule has 1 saturated heterocycles. The van der Waals surface area contributed by atoms with Crippen LogP contribution in [0.2, 0.25) is 0 Å². The molecule has 0 spiro atoms. The van der Waals surface area contributed by atoms with Gasteiger partial charge in [-0.3, -0.25) is 24.8 Å². The highest BCUT2D eigenvalue weighted by atomic mass is 32.2. The van der Waals surface area contributed by atoms with Gasteiger partial charge in [0.2, 0.25) is 10.0 Å². The summed E-state index contributed by atoms with van der Waals surface area (Å²) in [7, 11) is -3.82. The maximum atomic E-state index is 13.0. The third-order valence-corrected chi connectivity index (χ3v) is 7.10. The molecular weight excluding hydrogens is 426 g/mol. The van der Waals surface area contributed by atoms with Gasteiger partial charge in [-0.2, -0.15) is 4.31 Å². The molecule has 2 aromatic carbocycles. The minimum Gasteiger partial charge on any atom is -0.307 e. The molecule has 1 aliphatic rings. The number of fused-ring (bicyclic) bond motifs is 1. The molecule has 0 radical (unpaired) electrons. The molecule has 0 unspecified atom stereocenters. The van der Waals surface area contributed by atoms with Crippen LogP contribution in [0.15, 0.2) is 56.9 Å². The number of nitro benzene ring substituents is 1. The third-order valence-electron chi connectivity index (χ3n) is 5.21. The number of nitrogens with one attached hydrogen (secondary N) is 2. The average molecular weight is 445 g/mol. The van der Waals surface area contributed by atoms with Gasteiger partial charge in [0.15, 0.2) is 0 Å². The van der Waals surface area contributed by atoms with Crippen molar-refractivity contribution in [2.75, 3.05) is 26.2 Å². The van der Waals surface area contributed by atoms with Gasteiger partial charge in [0.25, 0.3) is 11.2 Å². The zero-order chi connectivity index (χ0) is 22.2. The number of nitrogens with zero attached hydrogens (tertiary/aromatic N) is 3. The lowest BCUT2D eigenvalue weighted by Crippen LogP contribution is -2.48. The number of rotatable bonds is 5. The Morgan fingerprint density at radius 1 is 1.00 bits per heavy atom. The van der Waals surface area contributed by atoms with Crippen LogP contribution in [0.1, 0.15) is 5.56 Å². The van der Waals surface area contributed by atoms with Crippen molar-refractivity contribution < 1.29 is 13.3 Å². The van der Waals surface area contributed by atoms with Crippen LogP contribution in [-0.2, 0) is 16.6 Å². The Morgan fingerprint density at radius 2 is 1.74 bits per heavy atom. The minimum absolute atomic E-state index is 0.0198. The summed E-state index contributed by atoms with van der Waals surface area (Å²) in [5.74, 6) is 0. The van der Waals surface area contributed by atoms with E-state index in [4.69, 9.17) is 0 Å². The van der Waals surface area contributed by atoms with E-state index in [0.717, 1.165) is 5.56 Å². The van der Waals surface area contributed by atoms with Crippen molar-refractivity contribution in [1.29, 1.82) is 0 Å². The number of hydrogen-bond acceptors (Lipinski definition) is 7. The number of hydrogen-bond donors (Lipinski definition) is 2. The van der Waals surface area contributed by atoms with Crippen LogP contribution >= 0.6 is 0 Å². The molecule has 1 aliphatic heterocycles. The lowest BCUT2D eigenvalue weighted by atomic mass is 10.2. The Labute approximate surface area is 176 Å². The molecule has 0 atom stereocenters. The molecule has 11 nitrogen and oxygen atoms in total. The highest BCUT2D eigenvalue weighted by Crippen LogP contribution is 2.21. The fourth-order valence-corrected chi connectivity index (χ4v) is 5.06. The second-order valence-corrected chi connectivity index (χ2v) is 9.16. The molecule has 2 heterocycles. The van der Waals surface area contributed by atoms with Crippen molar-refractivity contribution in [3.63, 3.8) is 0 Å². The van der Waals surface area contributed by atoms with Gasteiger partial charge in [-0.1, -0.05) is 12.1 Å². The number of benzene rings is 2. The Hall–Kier alpha value is -3.35. The van der Waals surface area contributed by atoms with Gasteiger partial charge >= 0.3 is 5.69 Å². The number of H-pyrrole nitrogens is 2. The Kier molecular flexibility index (Phi) is 5.43. The highest BCUT2D eigenvalue weighted by molar-refractivity contribution is 7.89. The first-order chi connectivity index (χ1) is 14.7. The lowest BCUT2D eigenvalue weighted by Gasteiger charge is -2.34. The number of non-ortho nitro benzene ring substituents is 1. The Morgan fingerprint density at radius 3 is 2.45 bits per heavy atom. The molecule has 2 N–H and O–H groups in total. The fraction of sp³-hybridized carbons (Fsp3) is 0.263. The molecular formula is C19H19N5O6S. The molecule has 0 amide bonds. The summed E-state index contributed by atoms with van der Waals surface area (Å²) in [6.07, 6.45) is 0. The SMILES string of the molecule is O=c1[nH]c(=O)c2cc(S(=O)(=O)N3CCN(Cc4cccc([N+](=O)[O-])c4)CC3)ccc2[nH]1. The molecule has 3 aromatic rings. The molecule has 4 rings (SSSR count). The van der Waals surface area contributed by atoms with Gasteiger partial charge in [0, 0.05) is 44.9 Å². The Balaban J connectivity index is 1.48.